The average molecular weight is 467 g/mol. The molecule has 2 aromatic carbocycles. The molecule has 1 aliphatic heterocycles. The number of hydrogen-bond acceptors (Lipinski definition) is 7. The first-order valence-electron chi connectivity index (χ1n) is 11.3. The van der Waals surface area contributed by atoms with Crippen LogP contribution in [0.1, 0.15) is 52.2 Å². The van der Waals surface area contributed by atoms with Gasteiger partial charge in [0.25, 0.3) is 5.91 Å². The molecule has 2 aliphatic rings. The van der Waals surface area contributed by atoms with Crippen LogP contribution in [0.5, 0.6) is 11.5 Å². The number of methoxy groups -OCH3 is 3. The molecule has 8 heteroatoms. The minimum Gasteiger partial charge on any atom is -0.493 e. The molecule has 1 aliphatic carbocycles. The Bertz CT molecular complexity index is 1110. The van der Waals surface area contributed by atoms with Gasteiger partial charge in [0.05, 0.1) is 39.2 Å². The van der Waals surface area contributed by atoms with Crippen LogP contribution in [0, 0.1) is 0 Å². The minimum absolute atomic E-state index is 0.0662. The van der Waals surface area contributed by atoms with Crippen LogP contribution in [0.2, 0.25) is 0 Å². The van der Waals surface area contributed by atoms with Gasteiger partial charge in [-0.05, 0) is 49.1 Å². The van der Waals surface area contributed by atoms with Gasteiger partial charge in [-0.25, -0.2) is 0 Å². The highest BCUT2D eigenvalue weighted by atomic mass is 16.5. The fourth-order valence-corrected chi connectivity index (χ4v) is 4.81. The lowest BCUT2D eigenvalue weighted by atomic mass is 9.74. The number of benzene rings is 2. The van der Waals surface area contributed by atoms with Crippen molar-refractivity contribution < 1.29 is 28.9 Å². The highest BCUT2D eigenvalue weighted by Crippen LogP contribution is 2.44. The lowest BCUT2D eigenvalue weighted by Gasteiger charge is -2.37. The van der Waals surface area contributed by atoms with Gasteiger partial charge >= 0.3 is 5.97 Å². The predicted octanol–water partition coefficient (Wildman–Crippen LogP) is 2.80. The van der Waals surface area contributed by atoms with Crippen molar-refractivity contribution in [3.8, 4) is 11.5 Å². The molecule has 2 aromatic rings. The van der Waals surface area contributed by atoms with Crippen molar-refractivity contribution in [3.05, 3.63) is 58.7 Å². The zero-order valence-electron chi connectivity index (χ0n) is 19.9. The van der Waals surface area contributed by atoms with Crippen molar-refractivity contribution >= 4 is 17.6 Å². The van der Waals surface area contributed by atoms with E-state index in [1.165, 1.54) is 12.0 Å². The van der Waals surface area contributed by atoms with Crippen LogP contribution in [0.15, 0.2) is 41.4 Å². The van der Waals surface area contributed by atoms with Gasteiger partial charge < -0.3 is 24.2 Å². The van der Waals surface area contributed by atoms with Gasteiger partial charge in [0.1, 0.15) is 6.54 Å². The maximum absolute atomic E-state index is 12.7. The molecule has 1 heterocycles. The SMILES string of the molecule is COC(=O)CN(C)C(=O)c1ccc(C2=NC3CCC(O)CC3c3cc(OC)c(OC)cc32)cc1. The molecule has 3 unspecified atom stereocenters. The Morgan fingerprint density at radius 1 is 1.06 bits per heavy atom. The van der Waals surface area contributed by atoms with Gasteiger partial charge in [-0.2, -0.15) is 0 Å². The van der Waals surface area contributed by atoms with E-state index < -0.39 is 5.97 Å². The number of fused-ring (bicyclic) bond motifs is 3. The Balaban J connectivity index is 1.70. The zero-order valence-corrected chi connectivity index (χ0v) is 19.9. The Kier molecular flexibility index (Phi) is 6.88. The van der Waals surface area contributed by atoms with Crippen LogP contribution in [0.4, 0.5) is 0 Å². The van der Waals surface area contributed by atoms with Crippen LogP contribution >= 0.6 is 0 Å². The van der Waals surface area contributed by atoms with Gasteiger partial charge in [0.2, 0.25) is 0 Å². The summed E-state index contributed by atoms with van der Waals surface area (Å²) in [6.07, 6.45) is 1.84. The van der Waals surface area contributed by atoms with Crippen molar-refractivity contribution in [2.24, 2.45) is 4.99 Å². The van der Waals surface area contributed by atoms with Crippen molar-refractivity contribution in [2.45, 2.75) is 37.3 Å². The summed E-state index contributed by atoms with van der Waals surface area (Å²) >= 11 is 0. The Labute approximate surface area is 199 Å². The summed E-state index contributed by atoms with van der Waals surface area (Å²) in [5.74, 6) is 0.624. The number of carbonyl (C=O) groups excluding carboxylic acids is 2. The molecule has 0 bridgehead atoms. The van der Waals surface area contributed by atoms with E-state index in [1.54, 1.807) is 33.4 Å². The molecule has 0 radical (unpaired) electrons. The molecule has 180 valence electrons. The standard InChI is InChI=1S/C26H30N2O6/c1-28(14-24(30)34-4)26(31)16-7-5-15(6-8-16)25-20-13-23(33-3)22(32-2)12-18(20)19-11-17(29)9-10-21(19)27-25/h5-8,12-13,17,19,21,29H,9-11,14H2,1-4H3. The molecule has 4 rings (SSSR count). The fraction of sp³-hybridized carbons (Fsp3) is 0.423. The molecule has 0 spiro atoms. The largest absolute Gasteiger partial charge is 0.493 e. The monoisotopic (exact) mass is 466 g/mol. The number of likely N-dealkylation sites (N-methyl/N-ethyl adjacent to an activating group) is 1. The van der Waals surface area contributed by atoms with E-state index in [2.05, 4.69) is 4.74 Å². The number of hydrogen-bond donors (Lipinski definition) is 1. The average Bonchev–Trinajstić information content (AvgIpc) is 2.86. The third-order valence-corrected chi connectivity index (χ3v) is 6.64. The highest BCUT2D eigenvalue weighted by Gasteiger charge is 2.37. The quantitative estimate of drug-likeness (QED) is 0.658. The lowest BCUT2D eigenvalue weighted by molar-refractivity contribution is -0.141. The molecule has 3 atom stereocenters. The first kappa shape index (κ1) is 23.8. The summed E-state index contributed by atoms with van der Waals surface area (Å²) in [6.45, 7) is -0.117. The maximum atomic E-state index is 12.7. The predicted molar refractivity (Wildman–Crippen MR) is 127 cm³/mol. The Hall–Kier alpha value is -3.39. The first-order chi connectivity index (χ1) is 16.4. The molecule has 0 saturated heterocycles. The van der Waals surface area contributed by atoms with Crippen LogP contribution in [-0.4, -0.2) is 74.7 Å². The number of rotatable bonds is 6. The Morgan fingerprint density at radius 2 is 1.74 bits per heavy atom. The topological polar surface area (TPSA) is 97.7 Å². The van der Waals surface area contributed by atoms with Crippen molar-refractivity contribution in [2.75, 3.05) is 34.9 Å². The summed E-state index contributed by atoms with van der Waals surface area (Å²) in [7, 11) is 6.07. The van der Waals surface area contributed by atoms with E-state index in [4.69, 9.17) is 14.5 Å². The summed E-state index contributed by atoms with van der Waals surface area (Å²) in [5.41, 5.74) is 4.21. The van der Waals surface area contributed by atoms with Crippen molar-refractivity contribution in [1.82, 2.24) is 4.90 Å². The number of amides is 1. The number of esters is 1. The maximum Gasteiger partial charge on any atom is 0.325 e. The van der Waals surface area contributed by atoms with Gasteiger partial charge in [0, 0.05) is 29.7 Å². The van der Waals surface area contributed by atoms with E-state index in [1.807, 2.05) is 24.3 Å². The molecule has 1 N–H and O–H groups in total. The highest BCUT2D eigenvalue weighted by molar-refractivity contribution is 6.15. The molecule has 0 aromatic heterocycles. The molecule has 34 heavy (non-hydrogen) atoms. The second kappa shape index (κ2) is 9.85. The molecule has 8 nitrogen and oxygen atoms in total. The molecule has 1 fully saturated rings. The number of aliphatic imine (C=N–C) groups is 1. The van der Waals surface area contributed by atoms with E-state index in [0.717, 1.165) is 35.2 Å². The van der Waals surface area contributed by atoms with Gasteiger partial charge in [-0.3, -0.25) is 14.6 Å². The third-order valence-electron chi connectivity index (χ3n) is 6.64. The smallest absolute Gasteiger partial charge is 0.325 e. The normalized spacial score (nSPS) is 21.0. The molecule has 1 amide bonds. The van der Waals surface area contributed by atoms with Gasteiger partial charge in [-0.1, -0.05) is 12.1 Å². The lowest BCUT2D eigenvalue weighted by Crippen LogP contribution is -2.34. The molecular formula is C26H30N2O6. The molecular weight excluding hydrogens is 436 g/mol. The van der Waals surface area contributed by atoms with Crippen molar-refractivity contribution in [1.29, 1.82) is 0 Å². The van der Waals surface area contributed by atoms with Gasteiger partial charge in [0.15, 0.2) is 11.5 Å². The van der Waals surface area contributed by atoms with Gasteiger partial charge in [-0.15, -0.1) is 0 Å². The van der Waals surface area contributed by atoms with Crippen LogP contribution in [-0.2, 0) is 9.53 Å². The van der Waals surface area contributed by atoms with Crippen molar-refractivity contribution in [3.63, 3.8) is 0 Å². The molecule has 1 saturated carbocycles. The van der Waals surface area contributed by atoms with Crippen LogP contribution in [0.25, 0.3) is 0 Å². The number of carbonyl (C=O) groups is 2. The van der Waals surface area contributed by atoms with E-state index in [0.29, 0.717) is 23.5 Å². The zero-order chi connectivity index (χ0) is 24.4. The summed E-state index contributed by atoms with van der Waals surface area (Å²) in [6, 6.07) is 11.2. The second-order valence-electron chi connectivity index (χ2n) is 8.73. The number of nitrogens with zero attached hydrogens (tertiary/aromatic N) is 2. The van der Waals surface area contributed by atoms with E-state index in [-0.39, 0.29) is 30.5 Å². The number of aliphatic hydroxyl groups excluding tert-OH is 1. The summed E-state index contributed by atoms with van der Waals surface area (Å²) in [5, 5.41) is 10.3. The van der Waals surface area contributed by atoms with E-state index >= 15 is 0 Å². The summed E-state index contributed by atoms with van der Waals surface area (Å²) in [4.78, 5) is 30.6. The first-order valence-corrected chi connectivity index (χ1v) is 11.3. The minimum atomic E-state index is -0.475. The van der Waals surface area contributed by atoms with E-state index in [9.17, 15) is 14.7 Å². The Morgan fingerprint density at radius 3 is 2.38 bits per heavy atom. The fourth-order valence-electron chi connectivity index (χ4n) is 4.81. The number of ether oxygens (including phenoxy) is 3. The van der Waals surface area contributed by atoms with Crippen LogP contribution in [0.3, 0.4) is 0 Å². The number of aliphatic hydroxyl groups is 1. The second-order valence-corrected chi connectivity index (χ2v) is 8.73. The third kappa shape index (κ3) is 4.50. The van der Waals surface area contributed by atoms with Crippen LogP contribution < -0.4 is 9.47 Å². The summed E-state index contributed by atoms with van der Waals surface area (Å²) < 4.78 is 15.7.